The Morgan fingerprint density at radius 3 is 2.74 bits per heavy atom. The Morgan fingerprint density at radius 1 is 1.47 bits per heavy atom. The summed E-state index contributed by atoms with van der Waals surface area (Å²) < 4.78 is 13.8. The quantitative estimate of drug-likeness (QED) is 0.859. The summed E-state index contributed by atoms with van der Waals surface area (Å²) in [5, 5.41) is 3.37. The SMILES string of the molecule is CC(NCc1ccc(C(N)=O)cc1F)C1CCCC1. The van der Waals surface area contributed by atoms with E-state index in [1.165, 1.54) is 31.7 Å². The van der Waals surface area contributed by atoms with E-state index in [1.54, 1.807) is 12.1 Å². The predicted octanol–water partition coefficient (Wildman–Crippen LogP) is 2.59. The van der Waals surface area contributed by atoms with Gasteiger partial charge >= 0.3 is 0 Å². The molecule has 1 amide bonds. The molecule has 0 heterocycles. The van der Waals surface area contributed by atoms with Crippen molar-refractivity contribution in [2.45, 2.75) is 45.2 Å². The molecule has 2 rings (SSSR count). The highest BCUT2D eigenvalue weighted by molar-refractivity contribution is 5.92. The zero-order valence-corrected chi connectivity index (χ0v) is 11.3. The number of hydrogen-bond acceptors (Lipinski definition) is 2. The maximum atomic E-state index is 13.8. The molecule has 0 saturated heterocycles. The van der Waals surface area contributed by atoms with Crippen molar-refractivity contribution in [2.24, 2.45) is 11.7 Å². The maximum Gasteiger partial charge on any atom is 0.248 e. The average molecular weight is 264 g/mol. The molecule has 1 aliphatic carbocycles. The number of nitrogens with one attached hydrogen (secondary N) is 1. The van der Waals surface area contributed by atoms with Crippen molar-refractivity contribution in [1.82, 2.24) is 5.32 Å². The van der Waals surface area contributed by atoms with Crippen LogP contribution >= 0.6 is 0 Å². The second-order valence-electron chi connectivity index (χ2n) is 5.38. The van der Waals surface area contributed by atoms with Crippen LogP contribution in [0.15, 0.2) is 18.2 Å². The van der Waals surface area contributed by atoms with Crippen molar-refractivity contribution in [3.63, 3.8) is 0 Å². The van der Waals surface area contributed by atoms with Crippen molar-refractivity contribution < 1.29 is 9.18 Å². The van der Waals surface area contributed by atoms with E-state index in [-0.39, 0.29) is 11.4 Å². The van der Waals surface area contributed by atoms with E-state index in [1.807, 2.05) is 0 Å². The third kappa shape index (κ3) is 3.53. The number of hydrogen-bond donors (Lipinski definition) is 2. The lowest BCUT2D eigenvalue weighted by Crippen LogP contribution is -2.32. The molecule has 4 heteroatoms. The van der Waals surface area contributed by atoms with Crippen molar-refractivity contribution in [2.75, 3.05) is 0 Å². The summed E-state index contributed by atoms with van der Waals surface area (Å²) in [5.74, 6) is -0.270. The number of rotatable bonds is 5. The molecule has 3 N–H and O–H groups in total. The van der Waals surface area contributed by atoms with Crippen LogP contribution in [0.4, 0.5) is 4.39 Å². The smallest absolute Gasteiger partial charge is 0.248 e. The molecule has 1 aromatic rings. The summed E-state index contributed by atoms with van der Waals surface area (Å²) in [6.07, 6.45) is 5.13. The fraction of sp³-hybridized carbons (Fsp3) is 0.533. The minimum absolute atomic E-state index is 0.213. The highest BCUT2D eigenvalue weighted by Crippen LogP contribution is 2.27. The predicted molar refractivity (Wildman–Crippen MR) is 73.2 cm³/mol. The normalized spacial score (nSPS) is 17.6. The molecule has 0 spiro atoms. The van der Waals surface area contributed by atoms with Crippen LogP contribution < -0.4 is 11.1 Å². The maximum absolute atomic E-state index is 13.8. The minimum Gasteiger partial charge on any atom is -0.366 e. The second-order valence-corrected chi connectivity index (χ2v) is 5.38. The summed E-state index contributed by atoms with van der Waals surface area (Å²) in [6, 6.07) is 4.81. The van der Waals surface area contributed by atoms with Gasteiger partial charge in [-0.25, -0.2) is 4.39 Å². The molecular weight excluding hydrogens is 243 g/mol. The Morgan fingerprint density at radius 2 is 2.16 bits per heavy atom. The summed E-state index contributed by atoms with van der Waals surface area (Å²) in [4.78, 5) is 10.9. The number of nitrogens with two attached hydrogens (primary N) is 1. The molecule has 104 valence electrons. The van der Waals surface area contributed by atoms with Crippen LogP contribution in [0.25, 0.3) is 0 Å². The number of amides is 1. The summed E-state index contributed by atoms with van der Waals surface area (Å²) in [6.45, 7) is 2.65. The summed E-state index contributed by atoms with van der Waals surface area (Å²) in [5.41, 5.74) is 5.91. The van der Waals surface area contributed by atoms with Gasteiger partial charge in [0.05, 0.1) is 0 Å². The van der Waals surface area contributed by atoms with Gasteiger partial charge < -0.3 is 11.1 Å². The van der Waals surface area contributed by atoms with Crippen LogP contribution in [-0.2, 0) is 6.54 Å². The zero-order chi connectivity index (χ0) is 13.8. The zero-order valence-electron chi connectivity index (χ0n) is 11.3. The first-order valence-corrected chi connectivity index (χ1v) is 6.89. The molecule has 0 bridgehead atoms. The molecule has 19 heavy (non-hydrogen) atoms. The molecule has 1 atom stereocenters. The second kappa shape index (κ2) is 6.15. The van der Waals surface area contributed by atoms with Gasteiger partial charge in [-0.1, -0.05) is 18.9 Å². The topological polar surface area (TPSA) is 55.1 Å². The lowest BCUT2D eigenvalue weighted by Gasteiger charge is -2.20. The monoisotopic (exact) mass is 264 g/mol. The third-order valence-corrected chi connectivity index (χ3v) is 4.06. The van der Waals surface area contributed by atoms with Crippen LogP contribution in [0.1, 0.15) is 48.5 Å². The van der Waals surface area contributed by atoms with Crippen LogP contribution in [-0.4, -0.2) is 11.9 Å². The number of primary amides is 1. The van der Waals surface area contributed by atoms with Crippen LogP contribution in [0, 0.1) is 11.7 Å². The van der Waals surface area contributed by atoms with Gasteiger partial charge in [0.2, 0.25) is 5.91 Å². The van der Waals surface area contributed by atoms with Crippen LogP contribution in [0.2, 0.25) is 0 Å². The highest BCUT2D eigenvalue weighted by Gasteiger charge is 2.21. The van der Waals surface area contributed by atoms with Crippen LogP contribution in [0.3, 0.4) is 0 Å². The Bertz CT molecular complexity index is 455. The highest BCUT2D eigenvalue weighted by atomic mass is 19.1. The van der Waals surface area contributed by atoms with E-state index >= 15 is 0 Å². The fourth-order valence-corrected chi connectivity index (χ4v) is 2.74. The number of carbonyl (C=O) groups is 1. The Hall–Kier alpha value is -1.42. The Labute approximate surface area is 113 Å². The van der Waals surface area contributed by atoms with Crippen LogP contribution in [0.5, 0.6) is 0 Å². The van der Waals surface area contributed by atoms with E-state index < -0.39 is 5.91 Å². The average Bonchev–Trinajstić information content (AvgIpc) is 2.90. The molecule has 0 aromatic heterocycles. The molecular formula is C15H21FN2O. The van der Waals surface area contributed by atoms with Gasteiger partial charge in [-0.2, -0.15) is 0 Å². The van der Waals surface area contributed by atoms with E-state index in [0.717, 1.165) is 0 Å². The fourth-order valence-electron chi connectivity index (χ4n) is 2.74. The van der Waals surface area contributed by atoms with Gasteiger partial charge in [-0.05, 0) is 37.8 Å². The standard InChI is InChI=1S/C15H21FN2O/c1-10(11-4-2-3-5-11)18-9-13-7-6-12(15(17)19)8-14(13)16/h6-8,10-11,18H,2-5,9H2,1H3,(H2,17,19). The lowest BCUT2D eigenvalue weighted by atomic mass is 9.99. The van der Waals surface area contributed by atoms with Crippen molar-refractivity contribution in [1.29, 1.82) is 0 Å². The Balaban J connectivity index is 1.93. The molecule has 0 radical (unpaired) electrons. The number of halogens is 1. The summed E-state index contributed by atoms with van der Waals surface area (Å²) in [7, 11) is 0. The van der Waals surface area contributed by atoms with Gasteiger partial charge in [-0.3, -0.25) is 4.79 Å². The molecule has 1 aliphatic rings. The lowest BCUT2D eigenvalue weighted by molar-refractivity contribution is 0.1000. The first-order chi connectivity index (χ1) is 9.08. The first kappa shape index (κ1) is 14.0. The van der Waals surface area contributed by atoms with Gasteiger partial charge in [-0.15, -0.1) is 0 Å². The largest absolute Gasteiger partial charge is 0.366 e. The number of carbonyl (C=O) groups excluding carboxylic acids is 1. The van der Waals surface area contributed by atoms with Gasteiger partial charge in [0.15, 0.2) is 0 Å². The first-order valence-electron chi connectivity index (χ1n) is 6.89. The van der Waals surface area contributed by atoms with Gasteiger partial charge in [0.1, 0.15) is 5.82 Å². The van der Waals surface area contributed by atoms with E-state index in [9.17, 15) is 9.18 Å². The van der Waals surface area contributed by atoms with Crippen molar-refractivity contribution in [3.8, 4) is 0 Å². The molecule has 1 fully saturated rings. The van der Waals surface area contributed by atoms with E-state index in [0.29, 0.717) is 24.1 Å². The van der Waals surface area contributed by atoms with Crippen molar-refractivity contribution >= 4 is 5.91 Å². The Kier molecular flexibility index (Phi) is 4.53. The molecule has 0 aliphatic heterocycles. The molecule has 1 saturated carbocycles. The molecule has 1 unspecified atom stereocenters. The van der Waals surface area contributed by atoms with Crippen molar-refractivity contribution in [3.05, 3.63) is 35.1 Å². The molecule has 1 aromatic carbocycles. The molecule has 3 nitrogen and oxygen atoms in total. The van der Waals surface area contributed by atoms with Gasteiger partial charge in [0.25, 0.3) is 0 Å². The number of benzene rings is 1. The van der Waals surface area contributed by atoms with E-state index in [2.05, 4.69) is 12.2 Å². The third-order valence-electron chi connectivity index (χ3n) is 4.06. The van der Waals surface area contributed by atoms with E-state index in [4.69, 9.17) is 5.73 Å². The summed E-state index contributed by atoms with van der Waals surface area (Å²) >= 11 is 0. The van der Waals surface area contributed by atoms with Gasteiger partial charge in [0, 0.05) is 23.7 Å². The minimum atomic E-state index is -0.599.